The first-order valence-electron chi connectivity index (χ1n) is 10.0. The standard InChI is InChI=1S/C24H23FN4O2/c1-13-6-4-5-7-17(13)19-11-20(31)27-23-21(19)22(18-9-8-16(25)10-14(18)2)28-24(29-23)26-15(3)12-30/h4-11,15,30H,12H2,1-3H3,(H2,26,27,28,29,31)/t15-/m1/s1. The topological polar surface area (TPSA) is 90.9 Å². The van der Waals surface area contributed by atoms with Crippen LogP contribution in [-0.2, 0) is 0 Å². The van der Waals surface area contributed by atoms with E-state index in [1.54, 1.807) is 19.1 Å². The molecule has 1 atom stereocenters. The quantitative estimate of drug-likeness (QED) is 0.452. The van der Waals surface area contributed by atoms with Crippen molar-refractivity contribution in [2.45, 2.75) is 26.8 Å². The van der Waals surface area contributed by atoms with Crippen molar-refractivity contribution in [1.29, 1.82) is 0 Å². The third-order valence-corrected chi connectivity index (χ3v) is 5.22. The van der Waals surface area contributed by atoms with Crippen LogP contribution in [0, 0.1) is 19.7 Å². The Morgan fingerprint density at radius 3 is 2.52 bits per heavy atom. The molecule has 2 aromatic carbocycles. The van der Waals surface area contributed by atoms with E-state index in [1.165, 1.54) is 12.1 Å². The maximum atomic E-state index is 13.8. The summed E-state index contributed by atoms with van der Waals surface area (Å²) in [7, 11) is 0. The number of aryl methyl sites for hydroxylation is 2. The summed E-state index contributed by atoms with van der Waals surface area (Å²) in [5.41, 5.74) is 4.71. The Balaban J connectivity index is 2.11. The lowest BCUT2D eigenvalue weighted by molar-refractivity contribution is 0.281. The molecule has 3 N–H and O–H groups in total. The van der Waals surface area contributed by atoms with Gasteiger partial charge in [-0.15, -0.1) is 0 Å². The van der Waals surface area contributed by atoms with Gasteiger partial charge in [0.15, 0.2) is 0 Å². The second-order valence-corrected chi connectivity index (χ2v) is 7.67. The van der Waals surface area contributed by atoms with Gasteiger partial charge in [0.25, 0.3) is 0 Å². The zero-order chi connectivity index (χ0) is 22.1. The summed E-state index contributed by atoms with van der Waals surface area (Å²) in [5, 5.41) is 13.1. The van der Waals surface area contributed by atoms with Crippen LogP contribution in [0.2, 0.25) is 0 Å². The van der Waals surface area contributed by atoms with Gasteiger partial charge < -0.3 is 15.4 Å². The number of aliphatic hydroxyl groups excluding tert-OH is 1. The number of hydrogen-bond acceptors (Lipinski definition) is 5. The molecule has 2 heterocycles. The maximum Gasteiger partial charge on any atom is 0.250 e. The number of halogens is 1. The molecule has 158 valence electrons. The van der Waals surface area contributed by atoms with E-state index in [0.717, 1.165) is 16.7 Å². The van der Waals surface area contributed by atoms with Gasteiger partial charge in [0.05, 0.1) is 17.7 Å². The summed E-state index contributed by atoms with van der Waals surface area (Å²) < 4.78 is 13.8. The number of pyridine rings is 1. The van der Waals surface area contributed by atoms with Crippen molar-refractivity contribution in [2.24, 2.45) is 0 Å². The smallest absolute Gasteiger partial charge is 0.250 e. The molecular weight excluding hydrogens is 395 g/mol. The van der Waals surface area contributed by atoms with Gasteiger partial charge in [-0.2, -0.15) is 4.98 Å². The van der Waals surface area contributed by atoms with Crippen molar-refractivity contribution in [3.63, 3.8) is 0 Å². The van der Waals surface area contributed by atoms with E-state index in [9.17, 15) is 14.3 Å². The number of nitrogens with one attached hydrogen (secondary N) is 2. The van der Waals surface area contributed by atoms with Crippen LogP contribution >= 0.6 is 0 Å². The molecule has 4 aromatic rings. The summed E-state index contributed by atoms with van der Waals surface area (Å²) in [5.74, 6) is -0.0650. The summed E-state index contributed by atoms with van der Waals surface area (Å²) in [6.07, 6.45) is 0. The van der Waals surface area contributed by atoms with Gasteiger partial charge in [0.2, 0.25) is 11.5 Å². The zero-order valence-corrected chi connectivity index (χ0v) is 17.5. The maximum absolute atomic E-state index is 13.8. The average molecular weight is 418 g/mol. The molecule has 0 saturated carbocycles. The van der Waals surface area contributed by atoms with E-state index >= 15 is 0 Å². The molecule has 2 aromatic heterocycles. The van der Waals surface area contributed by atoms with Gasteiger partial charge in [0, 0.05) is 23.2 Å². The minimum absolute atomic E-state index is 0.105. The van der Waals surface area contributed by atoms with Gasteiger partial charge in [-0.1, -0.05) is 24.3 Å². The first kappa shape index (κ1) is 20.7. The van der Waals surface area contributed by atoms with Crippen molar-refractivity contribution in [2.75, 3.05) is 11.9 Å². The molecule has 4 rings (SSSR count). The number of anilines is 1. The predicted octanol–water partition coefficient (Wildman–Crippen LogP) is 4.20. The van der Waals surface area contributed by atoms with E-state index in [0.29, 0.717) is 27.9 Å². The monoisotopic (exact) mass is 418 g/mol. The van der Waals surface area contributed by atoms with Crippen molar-refractivity contribution < 1.29 is 9.50 Å². The van der Waals surface area contributed by atoms with Crippen LogP contribution in [0.3, 0.4) is 0 Å². The lowest BCUT2D eigenvalue weighted by Crippen LogP contribution is -2.21. The lowest BCUT2D eigenvalue weighted by Gasteiger charge is -2.17. The zero-order valence-electron chi connectivity index (χ0n) is 17.5. The molecule has 6 nitrogen and oxygen atoms in total. The van der Waals surface area contributed by atoms with Crippen LogP contribution in [0.4, 0.5) is 10.3 Å². The van der Waals surface area contributed by atoms with Crippen molar-refractivity contribution in [3.05, 3.63) is 75.8 Å². The van der Waals surface area contributed by atoms with E-state index in [-0.39, 0.29) is 30.0 Å². The molecule has 0 spiro atoms. The van der Waals surface area contributed by atoms with Crippen molar-refractivity contribution >= 4 is 17.0 Å². The first-order valence-corrected chi connectivity index (χ1v) is 10.0. The Hall–Kier alpha value is -3.58. The van der Waals surface area contributed by atoms with Crippen LogP contribution in [-0.4, -0.2) is 32.7 Å². The van der Waals surface area contributed by atoms with Crippen molar-refractivity contribution in [1.82, 2.24) is 15.0 Å². The van der Waals surface area contributed by atoms with Crippen LogP contribution in [0.15, 0.2) is 53.3 Å². The Bertz CT molecular complexity index is 1330. The number of H-pyrrole nitrogens is 1. The summed E-state index contributed by atoms with van der Waals surface area (Å²) >= 11 is 0. The Labute approximate surface area is 178 Å². The highest BCUT2D eigenvalue weighted by Crippen LogP contribution is 2.36. The third kappa shape index (κ3) is 4.04. The van der Waals surface area contributed by atoms with Gasteiger partial charge in [0.1, 0.15) is 11.5 Å². The summed E-state index contributed by atoms with van der Waals surface area (Å²) in [6.45, 7) is 5.48. The highest BCUT2D eigenvalue weighted by atomic mass is 19.1. The van der Waals surface area contributed by atoms with Crippen LogP contribution in [0.1, 0.15) is 18.1 Å². The van der Waals surface area contributed by atoms with E-state index in [1.807, 2.05) is 38.1 Å². The predicted molar refractivity (Wildman–Crippen MR) is 121 cm³/mol. The SMILES string of the molecule is Cc1ccccc1-c1cc(=O)[nH]c2nc(N[C@H](C)CO)nc(-c3ccc(F)cc3C)c12. The molecule has 0 fully saturated rings. The van der Waals surface area contributed by atoms with Gasteiger partial charge in [-0.25, -0.2) is 9.37 Å². The second-order valence-electron chi connectivity index (χ2n) is 7.67. The van der Waals surface area contributed by atoms with Gasteiger partial charge in [-0.05, 0) is 55.7 Å². The number of benzene rings is 2. The Kier molecular flexibility index (Phi) is 5.52. The second kappa shape index (κ2) is 8.28. The minimum Gasteiger partial charge on any atom is -0.394 e. The largest absolute Gasteiger partial charge is 0.394 e. The highest BCUT2D eigenvalue weighted by Gasteiger charge is 2.19. The molecular formula is C24H23FN4O2. The van der Waals surface area contributed by atoms with Crippen molar-refractivity contribution in [3.8, 4) is 22.4 Å². The lowest BCUT2D eigenvalue weighted by atomic mass is 9.94. The number of rotatable bonds is 5. The van der Waals surface area contributed by atoms with E-state index in [2.05, 4.69) is 15.3 Å². The third-order valence-electron chi connectivity index (χ3n) is 5.22. The number of fused-ring (bicyclic) bond motifs is 1. The van der Waals surface area contributed by atoms with Gasteiger partial charge >= 0.3 is 0 Å². The Morgan fingerprint density at radius 2 is 1.81 bits per heavy atom. The highest BCUT2D eigenvalue weighted by molar-refractivity contribution is 6.03. The minimum atomic E-state index is -0.334. The van der Waals surface area contributed by atoms with E-state index < -0.39 is 0 Å². The van der Waals surface area contributed by atoms with E-state index in [4.69, 9.17) is 4.98 Å². The number of aromatic amines is 1. The van der Waals surface area contributed by atoms with Gasteiger partial charge in [-0.3, -0.25) is 4.79 Å². The van der Waals surface area contributed by atoms with Crippen LogP contribution < -0.4 is 10.9 Å². The number of hydrogen-bond donors (Lipinski definition) is 3. The molecule has 0 bridgehead atoms. The molecule has 0 saturated heterocycles. The molecule has 31 heavy (non-hydrogen) atoms. The number of aliphatic hydroxyl groups is 1. The summed E-state index contributed by atoms with van der Waals surface area (Å²) in [6, 6.07) is 13.6. The molecule has 0 radical (unpaired) electrons. The Morgan fingerprint density at radius 1 is 1.03 bits per heavy atom. The van der Waals surface area contributed by atoms with Crippen LogP contribution in [0.25, 0.3) is 33.4 Å². The molecule has 0 unspecified atom stereocenters. The normalized spacial score (nSPS) is 12.2. The molecule has 0 amide bonds. The fourth-order valence-corrected chi connectivity index (χ4v) is 3.67. The number of nitrogens with zero attached hydrogens (tertiary/aromatic N) is 2. The molecule has 7 heteroatoms. The average Bonchev–Trinajstić information content (AvgIpc) is 2.72. The molecule has 0 aliphatic heterocycles. The fraction of sp³-hybridized carbons (Fsp3) is 0.208. The fourth-order valence-electron chi connectivity index (χ4n) is 3.67. The number of aromatic nitrogens is 3. The molecule has 0 aliphatic rings. The summed E-state index contributed by atoms with van der Waals surface area (Å²) in [4.78, 5) is 24.5. The first-order chi connectivity index (χ1) is 14.9. The van der Waals surface area contributed by atoms with Crippen LogP contribution in [0.5, 0.6) is 0 Å². The molecule has 0 aliphatic carbocycles.